The molecular formula is C18H28FN3O2. The van der Waals surface area contributed by atoms with Crippen molar-refractivity contribution in [3.05, 3.63) is 29.6 Å². The lowest BCUT2D eigenvalue weighted by atomic mass is 10.0. The van der Waals surface area contributed by atoms with Gasteiger partial charge in [0.2, 0.25) is 0 Å². The molecule has 1 aliphatic heterocycles. The number of carbonyl (C=O) groups excluding carboxylic acids is 1. The highest BCUT2D eigenvalue weighted by atomic mass is 19.1. The number of amides is 2. The third-order valence-corrected chi connectivity index (χ3v) is 4.43. The molecule has 2 amide bonds. The van der Waals surface area contributed by atoms with E-state index >= 15 is 0 Å². The van der Waals surface area contributed by atoms with Crippen LogP contribution in [0.3, 0.4) is 0 Å². The largest absolute Gasteiger partial charge is 0.396 e. The summed E-state index contributed by atoms with van der Waals surface area (Å²) in [5.74, 6) is -0.223. The second-order valence-electron chi connectivity index (χ2n) is 6.60. The molecule has 1 fully saturated rings. The van der Waals surface area contributed by atoms with Crippen LogP contribution in [0.2, 0.25) is 0 Å². The van der Waals surface area contributed by atoms with Crippen LogP contribution < -0.4 is 15.5 Å². The van der Waals surface area contributed by atoms with E-state index in [9.17, 15) is 9.18 Å². The summed E-state index contributed by atoms with van der Waals surface area (Å²) in [6.07, 6.45) is 3.37. The molecule has 0 aromatic heterocycles. The van der Waals surface area contributed by atoms with Crippen LogP contribution in [0.5, 0.6) is 0 Å². The normalized spacial score (nSPS) is 19.0. The second-order valence-corrected chi connectivity index (χ2v) is 6.60. The minimum atomic E-state index is -0.223. The first-order valence-corrected chi connectivity index (χ1v) is 8.68. The van der Waals surface area contributed by atoms with Gasteiger partial charge >= 0.3 is 6.03 Å². The Morgan fingerprint density at radius 3 is 3.00 bits per heavy atom. The van der Waals surface area contributed by atoms with Crippen LogP contribution >= 0.6 is 0 Å². The number of anilines is 1. The van der Waals surface area contributed by atoms with E-state index in [0.717, 1.165) is 43.6 Å². The number of rotatable bonds is 6. The van der Waals surface area contributed by atoms with Crippen LogP contribution in [0.1, 0.15) is 38.2 Å². The van der Waals surface area contributed by atoms with Gasteiger partial charge in [-0.25, -0.2) is 9.18 Å². The molecule has 2 rings (SSSR count). The third-order valence-electron chi connectivity index (χ3n) is 4.43. The maximum Gasteiger partial charge on any atom is 0.315 e. The van der Waals surface area contributed by atoms with Crippen LogP contribution in [-0.4, -0.2) is 42.9 Å². The van der Waals surface area contributed by atoms with Crippen molar-refractivity contribution in [1.82, 2.24) is 10.6 Å². The molecule has 0 unspecified atom stereocenters. The molecule has 1 saturated heterocycles. The number of urea groups is 1. The summed E-state index contributed by atoms with van der Waals surface area (Å²) < 4.78 is 13.3. The Kier molecular flexibility index (Phi) is 6.85. The SMILES string of the molecule is Cc1cc(F)ccc1N1CCC[C@@H](NC(=O)N[C@H](C)CCCO)C1. The lowest BCUT2D eigenvalue weighted by molar-refractivity contribution is 0.229. The van der Waals surface area contributed by atoms with Crippen LogP contribution in [0.15, 0.2) is 18.2 Å². The summed E-state index contributed by atoms with van der Waals surface area (Å²) >= 11 is 0. The number of aliphatic hydroxyl groups excluding tert-OH is 1. The number of hydrogen-bond donors (Lipinski definition) is 3. The molecule has 0 saturated carbocycles. The summed E-state index contributed by atoms with van der Waals surface area (Å²) in [5.41, 5.74) is 1.94. The fourth-order valence-electron chi connectivity index (χ4n) is 3.21. The lowest BCUT2D eigenvalue weighted by Crippen LogP contribution is -2.52. The van der Waals surface area contributed by atoms with Crippen molar-refractivity contribution in [2.45, 2.75) is 51.6 Å². The van der Waals surface area contributed by atoms with Crippen molar-refractivity contribution in [2.24, 2.45) is 0 Å². The van der Waals surface area contributed by atoms with Gasteiger partial charge < -0.3 is 20.6 Å². The number of aryl methyl sites for hydroxylation is 1. The summed E-state index contributed by atoms with van der Waals surface area (Å²) in [6, 6.07) is 4.79. The Morgan fingerprint density at radius 1 is 1.50 bits per heavy atom. The predicted octanol–water partition coefficient (Wildman–Crippen LogP) is 2.56. The molecule has 5 nitrogen and oxygen atoms in total. The topological polar surface area (TPSA) is 64.6 Å². The molecule has 6 heteroatoms. The van der Waals surface area contributed by atoms with E-state index in [0.29, 0.717) is 6.42 Å². The third kappa shape index (κ3) is 5.37. The fraction of sp³-hybridized carbons (Fsp3) is 0.611. The number of benzene rings is 1. The van der Waals surface area contributed by atoms with Crippen molar-refractivity contribution in [3.63, 3.8) is 0 Å². The summed E-state index contributed by atoms with van der Waals surface area (Å²) in [4.78, 5) is 14.3. The zero-order valence-electron chi connectivity index (χ0n) is 14.5. The predicted molar refractivity (Wildman–Crippen MR) is 93.8 cm³/mol. The van der Waals surface area contributed by atoms with Gasteiger partial charge in [0.05, 0.1) is 0 Å². The number of halogens is 1. The Bertz CT molecular complexity index is 553. The quantitative estimate of drug-likeness (QED) is 0.747. The first-order chi connectivity index (χ1) is 11.5. The maximum atomic E-state index is 13.3. The van der Waals surface area contributed by atoms with Gasteiger partial charge in [0, 0.05) is 37.5 Å². The van der Waals surface area contributed by atoms with Gasteiger partial charge in [0.1, 0.15) is 5.82 Å². The van der Waals surface area contributed by atoms with Crippen molar-refractivity contribution >= 4 is 11.7 Å². The fourth-order valence-corrected chi connectivity index (χ4v) is 3.21. The van der Waals surface area contributed by atoms with E-state index in [1.165, 1.54) is 6.07 Å². The summed E-state index contributed by atoms with van der Waals surface area (Å²) in [5, 5.41) is 14.8. The second kappa shape index (κ2) is 8.87. The smallest absolute Gasteiger partial charge is 0.315 e. The summed E-state index contributed by atoms with van der Waals surface area (Å²) in [7, 11) is 0. The van der Waals surface area contributed by atoms with Gasteiger partial charge in [-0.3, -0.25) is 0 Å². The van der Waals surface area contributed by atoms with Crippen LogP contribution in [0, 0.1) is 12.7 Å². The van der Waals surface area contributed by atoms with Gasteiger partial charge in [0.25, 0.3) is 0 Å². The first kappa shape index (κ1) is 18.5. The van der Waals surface area contributed by atoms with E-state index in [1.807, 2.05) is 19.9 Å². The van der Waals surface area contributed by atoms with Crippen molar-refractivity contribution < 1.29 is 14.3 Å². The Labute approximate surface area is 143 Å². The van der Waals surface area contributed by atoms with E-state index < -0.39 is 0 Å². The van der Waals surface area contributed by atoms with Crippen molar-refractivity contribution in [1.29, 1.82) is 0 Å². The highest BCUT2D eigenvalue weighted by Crippen LogP contribution is 2.24. The maximum absolute atomic E-state index is 13.3. The molecular weight excluding hydrogens is 309 g/mol. The molecule has 0 aliphatic carbocycles. The van der Waals surface area contributed by atoms with Crippen LogP contribution in [0.4, 0.5) is 14.9 Å². The molecule has 0 bridgehead atoms. The Balaban J connectivity index is 1.87. The molecule has 2 atom stereocenters. The number of nitrogens with zero attached hydrogens (tertiary/aromatic N) is 1. The minimum absolute atomic E-state index is 0.0381. The van der Waals surface area contributed by atoms with Gasteiger partial charge in [-0.05, 0) is 63.3 Å². The zero-order valence-corrected chi connectivity index (χ0v) is 14.5. The number of hydrogen-bond acceptors (Lipinski definition) is 3. The molecule has 0 radical (unpaired) electrons. The number of carbonyl (C=O) groups is 1. The Morgan fingerprint density at radius 2 is 2.29 bits per heavy atom. The number of aliphatic hydroxyl groups is 1. The zero-order chi connectivity index (χ0) is 17.5. The van der Waals surface area contributed by atoms with Gasteiger partial charge in [0.15, 0.2) is 0 Å². The summed E-state index contributed by atoms with van der Waals surface area (Å²) in [6.45, 7) is 5.63. The van der Waals surface area contributed by atoms with E-state index in [1.54, 1.807) is 6.07 Å². The molecule has 3 N–H and O–H groups in total. The monoisotopic (exact) mass is 337 g/mol. The van der Waals surface area contributed by atoms with E-state index in [2.05, 4.69) is 15.5 Å². The molecule has 24 heavy (non-hydrogen) atoms. The number of nitrogens with one attached hydrogen (secondary N) is 2. The van der Waals surface area contributed by atoms with Gasteiger partial charge in [-0.15, -0.1) is 0 Å². The molecule has 0 spiro atoms. The first-order valence-electron chi connectivity index (χ1n) is 8.68. The van der Waals surface area contributed by atoms with Crippen LogP contribution in [-0.2, 0) is 0 Å². The van der Waals surface area contributed by atoms with Crippen molar-refractivity contribution in [2.75, 3.05) is 24.6 Å². The van der Waals surface area contributed by atoms with Gasteiger partial charge in [-0.2, -0.15) is 0 Å². The molecule has 1 aromatic carbocycles. The highest BCUT2D eigenvalue weighted by Gasteiger charge is 2.23. The van der Waals surface area contributed by atoms with E-state index in [-0.39, 0.29) is 30.5 Å². The van der Waals surface area contributed by atoms with Crippen LogP contribution in [0.25, 0.3) is 0 Å². The standard InChI is InChI=1S/C18H28FN3O2/c1-13-11-15(19)7-8-17(13)22-9-3-6-16(12-22)21-18(24)20-14(2)5-4-10-23/h7-8,11,14,16,23H,3-6,9-10,12H2,1-2H3,(H2,20,21,24)/t14-,16-/m1/s1. The molecule has 134 valence electrons. The minimum Gasteiger partial charge on any atom is -0.396 e. The average molecular weight is 337 g/mol. The highest BCUT2D eigenvalue weighted by molar-refractivity contribution is 5.74. The Hall–Kier alpha value is -1.82. The average Bonchev–Trinajstić information content (AvgIpc) is 2.53. The van der Waals surface area contributed by atoms with Crippen molar-refractivity contribution in [3.8, 4) is 0 Å². The van der Waals surface area contributed by atoms with E-state index in [4.69, 9.17) is 5.11 Å². The lowest BCUT2D eigenvalue weighted by Gasteiger charge is -2.35. The van der Waals surface area contributed by atoms with Gasteiger partial charge in [-0.1, -0.05) is 0 Å². The molecule has 1 aromatic rings. The molecule has 1 heterocycles. The molecule has 1 aliphatic rings. The number of piperidine rings is 1.